The Bertz CT molecular complexity index is 991. The first-order chi connectivity index (χ1) is 17.1. The summed E-state index contributed by atoms with van der Waals surface area (Å²) in [6, 6.07) is 7.74. The normalized spacial score (nSPS) is 20.8. The maximum atomic E-state index is 12.3. The van der Waals surface area contributed by atoms with Crippen LogP contribution >= 0.6 is 8.18 Å². The molecule has 14 heteroatoms. The van der Waals surface area contributed by atoms with Gasteiger partial charge in [0.05, 0.1) is 6.10 Å². The maximum absolute atomic E-state index is 12.3. The van der Waals surface area contributed by atoms with Crippen molar-refractivity contribution in [3.63, 3.8) is 0 Å². The van der Waals surface area contributed by atoms with E-state index in [1.165, 1.54) is 6.92 Å². The molecule has 5 N–H and O–H groups in total. The van der Waals surface area contributed by atoms with Crippen molar-refractivity contribution in [1.82, 2.24) is 15.0 Å². The van der Waals surface area contributed by atoms with E-state index in [2.05, 4.69) is 16.9 Å². The molecule has 0 bridgehead atoms. The number of aldehydes is 1. The van der Waals surface area contributed by atoms with Crippen LogP contribution in [0.2, 0.25) is 0 Å². The van der Waals surface area contributed by atoms with Gasteiger partial charge in [-0.05, 0) is 45.9 Å². The zero-order valence-corrected chi connectivity index (χ0v) is 21.2. The number of hydrogen-bond acceptors (Lipinski definition) is 11. The number of hydroxylamine groups is 1. The van der Waals surface area contributed by atoms with Gasteiger partial charge in [-0.3, -0.25) is 34.9 Å². The largest absolute Gasteiger partial charge is 0.497 e. The van der Waals surface area contributed by atoms with E-state index in [4.69, 9.17) is 19.8 Å². The molecule has 194 valence electrons. The summed E-state index contributed by atoms with van der Waals surface area (Å²) in [6.45, 7) is 4.95. The van der Waals surface area contributed by atoms with E-state index in [9.17, 15) is 24.5 Å². The summed E-state index contributed by atoms with van der Waals surface area (Å²) in [7, 11) is -2.02. The average molecular weight is 520 g/mol. The number of hydrogen-bond donors (Lipinski definition) is 4. The number of amides is 1. The third kappa shape index (κ3) is 7.59. The topological polar surface area (TPSA) is 167 Å². The second-order valence-electron chi connectivity index (χ2n) is 7.90. The van der Waals surface area contributed by atoms with Crippen LogP contribution in [0.1, 0.15) is 27.7 Å². The number of carbonyl (C=O) groups excluding carboxylic acids is 3. The molecule has 1 saturated heterocycles. The fourth-order valence-electron chi connectivity index (χ4n) is 2.98. The van der Waals surface area contributed by atoms with Gasteiger partial charge in [-0.15, -0.1) is 5.92 Å². The van der Waals surface area contributed by atoms with Crippen molar-refractivity contribution in [2.45, 2.75) is 57.8 Å². The first-order valence-corrected chi connectivity index (χ1v) is 12.3. The van der Waals surface area contributed by atoms with Gasteiger partial charge in [-0.2, -0.15) is 4.97 Å². The number of allylic oxidation sites excluding steroid dienone is 1. The lowest BCUT2D eigenvalue weighted by Crippen LogP contribution is -2.63. The van der Waals surface area contributed by atoms with Gasteiger partial charge in [-0.25, -0.2) is 0 Å². The van der Waals surface area contributed by atoms with Crippen molar-refractivity contribution in [2.75, 3.05) is 0 Å². The van der Waals surface area contributed by atoms with Crippen LogP contribution in [0.5, 0.6) is 5.75 Å². The van der Waals surface area contributed by atoms with Crippen molar-refractivity contribution in [2.24, 2.45) is 5.73 Å². The van der Waals surface area contributed by atoms with Gasteiger partial charge >= 0.3 is 12.7 Å². The number of ether oxygens (including phenoxy) is 1. The molecule has 1 aromatic carbocycles. The Kier molecular flexibility index (Phi) is 11.0. The predicted molar refractivity (Wildman–Crippen MR) is 132 cm³/mol. The van der Waals surface area contributed by atoms with E-state index in [0.29, 0.717) is 18.4 Å². The number of nitrogens with two attached hydrogens (primary N) is 1. The van der Waals surface area contributed by atoms with Gasteiger partial charge in [0, 0.05) is 6.20 Å². The van der Waals surface area contributed by atoms with Gasteiger partial charge in [0.2, 0.25) is 6.41 Å². The Hall–Kier alpha value is -2.82. The number of carbonyl (C=O) groups is 3. The van der Waals surface area contributed by atoms with E-state index in [0.717, 1.165) is 22.2 Å². The third-order valence-corrected chi connectivity index (χ3v) is 6.45. The number of para-hydroxylation sites is 1. The molecular weight excluding hydrogens is 490 g/mol. The number of nitrogens with zero attached hydrogens (tertiary/aromatic N) is 2. The van der Waals surface area contributed by atoms with Crippen LogP contribution in [0, 0.1) is 11.8 Å². The summed E-state index contributed by atoms with van der Waals surface area (Å²) < 4.78 is 11.1. The monoisotopic (exact) mass is 520 g/mol. The minimum atomic E-state index is -2.02. The molecule has 12 nitrogen and oxygen atoms in total. The van der Waals surface area contributed by atoms with Gasteiger partial charge in [-0.1, -0.05) is 24.1 Å². The highest BCUT2D eigenvalue weighted by atomic mass is 31.1. The molecule has 36 heavy (non-hydrogen) atoms. The lowest BCUT2D eigenvalue weighted by Gasteiger charge is -2.35. The molecule has 1 heterocycles. The third-order valence-electron chi connectivity index (χ3n) is 4.76. The molecule has 0 radical (unpaired) electrons. The molecule has 6 unspecified atom stereocenters. The zero-order valence-electron chi connectivity index (χ0n) is 20.3. The van der Waals surface area contributed by atoms with Crippen LogP contribution in [-0.4, -0.2) is 75.6 Å². The van der Waals surface area contributed by atoms with Crippen molar-refractivity contribution >= 4 is 33.6 Å². The van der Waals surface area contributed by atoms with E-state index < -0.39 is 45.0 Å². The average Bonchev–Trinajstić information content (AvgIpc) is 3.64. The van der Waals surface area contributed by atoms with Crippen LogP contribution in [0.4, 0.5) is 0 Å². The molecule has 6 atom stereocenters. The standard InChI is InChI=1S/C22H30BN4O8P/c1-5-12-22(24,26(15-29)13-9-14-28)19(30)20-27(34-20)23(32)36(35-18-10-7-6-8-11-18)25-17(4)21(31)33-16(2)3/h6-11,13-17,19-20,25,30,32H,24H2,1-4H3/b13-9-. The summed E-state index contributed by atoms with van der Waals surface area (Å²) in [6.07, 6.45) is -0.376. The van der Waals surface area contributed by atoms with Crippen LogP contribution in [0.25, 0.3) is 0 Å². The number of nitrogens with one attached hydrogen (secondary N) is 1. The van der Waals surface area contributed by atoms with Crippen LogP contribution in [0.3, 0.4) is 0 Å². The predicted octanol–water partition coefficient (Wildman–Crippen LogP) is 0.0677. The van der Waals surface area contributed by atoms with Gasteiger partial charge in [0.15, 0.2) is 20.1 Å². The highest BCUT2D eigenvalue weighted by molar-refractivity contribution is 7.83. The van der Waals surface area contributed by atoms with Crippen molar-refractivity contribution in [3.05, 3.63) is 42.6 Å². The highest BCUT2D eigenvalue weighted by Gasteiger charge is 2.59. The van der Waals surface area contributed by atoms with Crippen molar-refractivity contribution in [1.29, 1.82) is 0 Å². The number of aliphatic hydroxyl groups is 1. The molecular formula is C22H30BN4O8P. The first-order valence-electron chi connectivity index (χ1n) is 11.0. The molecule has 1 amide bonds. The Balaban J connectivity index is 2.24. The molecule has 0 aliphatic carbocycles. The fourth-order valence-corrected chi connectivity index (χ4v) is 4.49. The van der Waals surface area contributed by atoms with Crippen molar-refractivity contribution in [3.8, 4) is 17.6 Å². The Labute approximate surface area is 211 Å². The zero-order chi connectivity index (χ0) is 26.9. The maximum Gasteiger partial charge on any atom is 0.497 e. The lowest BCUT2D eigenvalue weighted by molar-refractivity contribution is -0.148. The Morgan fingerprint density at radius 2 is 2.03 bits per heavy atom. The Morgan fingerprint density at radius 1 is 1.36 bits per heavy atom. The summed E-state index contributed by atoms with van der Waals surface area (Å²) in [5.74, 6) is 4.95. The minimum absolute atomic E-state index is 0.297. The molecule has 1 aromatic rings. The van der Waals surface area contributed by atoms with Crippen LogP contribution in [0.15, 0.2) is 42.6 Å². The summed E-state index contributed by atoms with van der Waals surface area (Å²) in [5, 5.41) is 24.9. The Morgan fingerprint density at radius 3 is 2.58 bits per heavy atom. The quantitative estimate of drug-likeness (QED) is 0.0383. The molecule has 0 aromatic heterocycles. The molecule has 1 aliphatic heterocycles. The van der Waals surface area contributed by atoms with Crippen molar-refractivity contribution < 1.29 is 38.6 Å². The summed E-state index contributed by atoms with van der Waals surface area (Å²) in [5.41, 5.74) is 4.24. The molecule has 1 fully saturated rings. The van der Waals surface area contributed by atoms with Gasteiger partial charge in [0.1, 0.15) is 24.2 Å². The first kappa shape index (κ1) is 29.4. The fraction of sp³-hybridized carbons (Fsp3) is 0.409. The van der Waals surface area contributed by atoms with Gasteiger partial charge < -0.3 is 19.4 Å². The SMILES string of the molecule is CC#CC(N)(C(O)C1ON1B(O)P(NC(C)C(=O)OC(C)C)Oc1ccccc1)N(C=O)/C=C\C=O. The summed E-state index contributed by atoms with van der Waals surface area (Å²) in [4.78, 5) is 41.8. The number of aliphatic hydroxyl groups excluding tert-OH is 1. The minimum Gasteiger partial charge on any atom is -0.463 e. The molecule has 0 saturated carbocycles. The lowest BCUT2D eigenvalue weighted by atomic mass is 10.0. The molecule has 0 spiro atoms. The van der Waals surface area contributed by atoms with E-state index >= 15 is 0 Å². The van der Waals surface area contributed by atoms with Crippen LogP contribution in [-0.2, 0) is 24.0 Å². The molecule has 1 aliphatic rings. The summed E-state index contributed by atoms with van der Waals surface area (Å²) >= 11 is 0. The van der Waals surface area contributed by atoms with Gasteiger partial charge in [0.25, 0.3) is 0 Å². The van der Waals surface area contributed by atoms with E-state index in [1.54, 1.807) is 51.1 Å². The smallest absolute Gasteiger partial charge is 0.463 e. The van der Waals surface area contributed by atoms with E-state index in [1.807, 2.05) is 0 Å². The highest BCUT2D eigenvalue weighted by Crippen LogP contribution is 2.43. The second kappa shape index (κ2) is 13.5. The van der Waals surface area contributed by atoms with E-state index in [-0.39, 0.29) is 6.10 Å². The molecule has 2 rings (SSSR count). The second-order valence-corrected chi connectivity index (χ2v) is 9.46. The van der Waals surface area contributed by atoms with Crippen LogP contribution < -0.4 is 15.3 Å². The number of esters is 1. The number of rotatable bonds is 14. The number of benzene rings is 1.